The molecule has 0 spiro atoms. The topological polar surface area (TPSA) is 231 Å². The second-order valence-corrected chi connectivity index (χ2v) is 31.1. The zero-order valence-electron chi connectivity index (χ0n) is 67.5. The van der Waals surface area contributed by atoms with Crippen molar-refractivity contribution in [1.29, 1.82) is 0 Å². The molecule has 0 bridgehead atoms. The number of carbonyl (C=O) groups is 3. The molecule has 0 saturated carbocycles. The van der Waals surface area contributed by atoms with Gasteiger partial charge in [-0.15, -0.1) is 0 Å². The van der Waals surface area contributed by atoms with Crippen molar-refractivity contribution < 1.29 is 75.8 Å². The van der Waals surface area contributed by atoms with Crippen LogP contribution in [0.2, 0.25) is 0 Å². The molecule has 5 atom stereocenters. The highest BCUT2D eigenvalue weighted by Crippen LogP contribution is 2.45. The number of phosphoric acid groups is 2. The highest BCUT2D eigenvalue weighted by Gasteiger charge is 2.29. The molecule has 107 heavy (non-hydrogen) atoms. The summed E-state index contributed by atoms with van der Waals surface area (Å²) in [5.41, 5.74) is 0. The van der Waals surface area contributed by atoms with Crippen LogP contribution in [0, 0.1) is 0 Å². The van der Waals surface area contributed by atoms with Gasteiger partial charge in [0.2, 0.25) is 0 Å². The molecule has 0 aliphatic rings. The monoisotopic (exact) mass is 1540 g/mol. The second-order valence-electron chi connectivity index (χ2n) is 28.2. The molecule has 0 aromatic rings. The van der Waals surface area contributed by atoms with Crippen LogP contribution in [0.25, 0.3) is 0 Å². The fourth-order valence-corrected chi connectivity index (χ4v) is 13.0. The second kappa shape index (κ2) is 81.2. The van der Waals surface area contributed by atoms with E-state index >= 15 is 0 Å². The van der Waals surface area contributed by atoms with Crippen molar-refractivity contribution in [1.82, 2.24) is 0 Å². The molecular formula is C89H154O16P2. The molecule has 0 aliphatic heterocycles. The molecular weight excluding hydrogens is 1390 g/mol. The average molecular weight is 1540 g/mol. The van der Waals surface area contributed by atoms with E-state index in [1.807, 2.05) is 0 Å². The van der Waals surface area contributed by atoms with Crippen molar-refractivity contribution in [3.63, 3.8) is 0 Å². The van der Waals surface area contributed by atoms with Crippen molar-refractivity contribution in [2.45, 2.75) is 373 Å². The summed E-state index contributed by atoms with van der Waals surface area (Å²) >= 11 is 0. The molecule has 0 aliphatic carbocycles. The summed E-state index contributed by atoms with van der Waals surface area (Å²) in [4.78, 5) is 58.7. The van der Waals surface area contributed by atoms with E-state index in [4.69, 9.17) is 32.3 Å². The van der Waals surface area contributed by atoms with E-state index in [1.165, 1.54) is 141 Å². The van der Waals surface area contributed by atoms with E-state index in [0.29, 0.717) is 19.3 Å². The van der Waals surface area contributed by atoms with E-state index in [2.05, 4.69) is 154 Å². The Morgan fingerprint density at radius 3 is 0.794 bits per heavy atom. The summed E-state index contributed by atoms with van der Waals surface area (Å²) in [7, 11) is -9.79. The van der Waals surface area contributed by atoms with Crippen molar-refractivity contribution in [2.75, 3.05) is 39.6 Å². The van der Waals surface area contributed by atoms with Crippen LogP contribution in [0.15, 0.2) is 134 Å². The number of phosphoric ester groups is 2. The number of ether oxygens (including phenoxy) is 3. The first-order chi connectivity index (χ1) is 52.2. The summed E-state index contributed by atoms with van der Waals surface area (Å²) in [5.74, 6) is -1.58. The van der Waals surface area contributed by atoms with Gasteiger partial charge in [-0.05, 0) is 135 Å². The van der Waals surface area contributed by atoms with Crippen molar-refractivity contribution in [3.8, 4) is 0 Å². The van der Waals surface area contributed by atoms with Crippen LogP contribution in [0.5, 0.6) is 0 Å². The summed E-state index contributed by atoms with van der Waals surface area (Å²) in [6.07, 6.45) is 99.4. The van der Waals surface area contributed by atoms with Gasteiger partial charge in [0.15, 0.2) is 6.10 Å². The lowest BCUT2D eigenvalue weighted by Crippen LogP contribution is -2.30. The van der Waals surface area contributed by atoms with Crippen molar-refractivity contribution >= 4 is 33.6 Å². The minimum absolute atomic E-state index is 0.0921. The summed E-state index contributed by atoms with van der Waals surface area (Å²) in [6.45, 7) is 2.45. The van der Waals surface area contributed by atoms with Gasteiger partial charge >= 0.3 is 33.6 Å². The summed E-state index contributed by atoms with van der Waals surface area (Å²) in [5, 5.41) is 20.7. The van der Waals surface area contributed by atoms with Crippen LogP contribution in [0.1, 0.15) is 355 Å². The number of allylic oxidation sites excluding steroid dienone is 22. The molecule has 4 N–H and O–H groups in total. The lowest BCUT2D eigenvalue weighted by atomic mass is 10.0. The predicted octanol–water partition coefficient (Wildman–Crippen LogP) is 25.4. The third-order valence-corrected chi connectivity index (χ3v) is 19.7. The number of carbonyl (C=O) groups excluding carboxylic acids is 3. The van der Waals surface area contributed by atoms with E-state index in [-0.39, 0.29) is 19.3 Å². The Morgan fingerprint density at radius 2 is 0.495 bits per heavy atom. The zero-order valence-corrected chi connectivity index (χ0v) is 69.3. The normalized spacial score (nSPS) is 14.6. The van der Waals surface area contributed by atoms with Gasteiger partial charge in [0.25, 0.3) is 0 Å². The van der Waals surface area contributed by atoms with Gasteiger partial charge in [0.1, 0.15) is 25.4 Å². The van der Waals surface area contributed by atoms with Gasteiger partial charge in [0.05, 0.1) is 26.4 Å². The molecule has 0 fully saturated rings. The Hall–Kier alpha value is -4.31. The largest absolute Gasteiger partial charge is 0.472 e. The van der Waals surface area contributed by atoms with Gasteiger partial charge in [-0.25, -0.2) is 9.13 Å². The Bertz CT molecular complexity index is 2480. The predicted molar refractivity (Wildman–Crippen MR) is 445 cm³/mol. The maximum absolute atomic E-state index is 13.0. The van der Waals surface area contributed by atoms with Crippen molar-refractivity contribution in [3.05, 3.63) is 134 Å². The van der Waals surface area contributed by atoms with Gasteiger partial charge in [-0.1, -0.05) is 334 Å². The molecule has 616 valence electrons. The minimum atomic E-state index is -4.93. The van der Waals surface area contributed by atoms with E-state index in [1.54, 1.807) is 0 Å². The van der Waals surface area contributed by atoms with E-state index in [9.17, 15) is 43.5 Å². The molecule has 18 heteroatoms. The van der Waals surface area contributed by atoms with Gasteiger partial charge < -0.3 is 34.2 Å². The third-order valence-electron chi connectivity index (χ3n) is 17.8. The van der Waals surface area contributed by atoms with Crippen LogP contribution < -0.4 is 0 Å². The van der Waals surface area contributed by atoms with E-state index < -0.39 is 91.5 Å². The number of hydrogen-bond acceptors (Lipinski definition) is 14. The lowest BCUT2D eigenvalue weighted by Gasteiger charge is -2.21. The first-order valence-electron chi connectivity index (χ1n) is 42.5. The Labute approximate surface area is 652 Å². The Balaban J connectivity index is 4.42. The molecule has 0 rings (SSSR count). The van der Waals surface area contributed by atoms with Gasteiger partial charge in [-0.3, -0.25) is 32.5 Å². The Kier molecular flexibility index (Phi) is 77.9. The molecule has 0 radical (unpaired) electrons. The summed E-state index contributed by atoms with van der Waals surface area (Å²) < 4.78 is 61.2. The first-order valence-corrected chi connectivity index (χ1v) is 45.5. The quantitative estimate of drug-likeness (QED) is 0.0146. The highest BCUT2D eigenvalue weighted by molar-refractivity contribution is 7.47. The molecule has 0 saturated heterocycles. The number of hydrogen-bond donors (Lipinski definition) is 4. The number of aliphatic hydroxyl groups is 2. The number of esters is 3. The highest BCUT2D eigenvalue weighted by atomic mass is 31.2. The van der Waals surface area contributed by atoms with Crippen LogP contribution in [0.4, 0.5) is 0 Å². The molecule has 0 aromatic heterocycles. The summed E-state index contributed by atoms with van der Waals surface area (Å²) in [6, 6.07) is 0. The van der Waals surface area contributed by atoms with Crippen LogP contribution in [-0.2, 0) is 55.8 Å². The zero-order chi connectivity index (χ0) is 78.0. The number of unbranched alkanes of at least 4 members (excludes halogenated alkanes) is 35. The lowest BCUT2D eigenvalue weighted by molar-refractivity contribution is -0.161. The number of aliphatic hydroxyl groups excluding tert-OH is 2. The molecule has 0 aromatic carbocycles. The fraction of sp³-hybridized carbons (Fsp3) is 0.719. The van der Waals surface area contributed by atoms with Gasteiger partial charge in [0, 0.05) is 19.3 Å². The third kappa shape index (κ3) is 82.5. The molecule has 5 unspecified atom stereocenters. The maximum Gasteiger partial charge on any atom is 0.472 e. The Morgan fingerprint density at radius 1 is 0.271 bits per heavy atom. The maximum atomic E-state index is 13.0. The minimum Gasteiger partial charge on any atom is -0.463 e. The standard InChI is InChI=1S/C89H154O16P2/c1-4-7-10-13-16-19-22-25-27-29-31-33-35-37-38-39-40-41-42-43-44-46-48-49-51-53-55-58-60-63-66-69-72-75-87(92)99-78-84(90)79-101-106(95,96)102-80-85(91)81-103-107(97,98)104-83-86(105-89(94)77-74-71-68-65-62-57-24-21-18-15-12-9-6-3)82-100-88(93)76-73-70-67-64-61-59-56-54-52-50-47-45-36-34-32-30-28-26-23-20-17-14-11-8-5-2/h7-8,10-11,16-17,19-21,24-28,31-34,37-38,45,47,84-86,90-91H,4-6,9,12-15,18,22-23,29-30,35-36,39-44,46,48-83H2,1-3H3,(H,95,96)(H,97,98)/b10-7-,11-8-,19-16-,20-17-,24-21-,27-25-,28-26-,33-31-,34-32-,38-37-,47-45-. The fourth-order valence-electron chi connectivity index (χ4n) is 11.4. The van der Waals surface area contributed by atoms with Crippen LogP contribution >= 0.6 is 15.6 Å². The van der Waals surface area contributed by atoms with Crippen LogP contribution in [-0.4, -0.2) is 95.9 Å². The first kappa shape index (κ1) is 103. The SMILES string of the molecule is CC/C=C\C/C=C\C/C=C\C/C=C\C/C=C\CCCCCCCCCCCCCCCCCCCC(=O)OCC(O)COP(=O)(O)OCC(O)COP(=O)(O)OCC(COC(=O)CCCCCCCCCCC/C=C\C/C=C\C/C=C\C/C=C\C/C=C\CC)OC(=O)CCCCCCC/C=C\CCCCCC. The molecule has 16 nitrogen and oxygen atoms in total. The number of rotatable bonds is 80. The average Bonchev–Trinajstić information content (AvgIpc) is 0.908. The van der Waals surface area contributed by atoms with Crippen molar-refractivity contribution in [2.24, 2.45) is 0 Å². The smallest absolute Gasteiger partial charge is 0.463 e. The molecule has 0 amide bonds. The van der Waals surface area contributed by atoms with Gasteiger partial charge in [-0.2, -0.15) is 0 Å². The van der Waals surface area contributed by atoms with E-state index in [0.717, 1.165) is 154 Å². The molecule has 0 heterocycles. The van der Waals surface area contributed by atoms with Crippen LogP contribution in [0.3, 0.4) is 0 Å².